The Morgan fingerprint density at radius 2 is 1.92 bits per heavy atom. The molecule has 25 heavy (non-hydrogen) atoms. The maximum Gasteiger partial charge on any atom is 0.276 e. The molecule has 2 rings (SSSR count). The predicted octanol–water partition coefficient (Wildman–Crippen LogP) is 3.23. The Morgan fingerprint density at radius 1 is 1.24 bits per heavy atom. The number of phenolic OH excluding ortho intramolecular Hbond substituents is 1. The Bertz CT molecular complexity index is 846. The molecule has 0 spiro atoms. The zero-order valence-corrected chi connectivity index (χ0v) is 15.2. The van der Waals surface area contributed by atoms with E-state index in [1.807, 2.05) is 0 Å². The number of phenols is 1. The second-order valence-corrected chi connectivity index (χ2v) is 7.29. The van der Waals surface area contributed by atoms with Crippen molar-refractivity contribution in [2.24, 2.45) is 5.10 Å². The summed E-state index contributed by atoms with van der Waals surface area (Å²) in [4.78, 5) is 2.27. The van der Waals surface area contributed by atoms with E-state index in [2.05, 4.69) is 23.8 Å². The molecule has 0 aliphatic heterocycles. The third-order valence-electron chi connectivity index (χ3n) is 4.00. The van der Waals surface area contributed by atoms with Gasteiger partial charge in [0.2, 0.25) is 0 Å². The van der Waals surface area contributed by atoms with Crippen LogP contribution in [0.25, 0.3) is 0 Å². The van der Waals surface area contributed by atoms with Crippen molar-refractivity contribution in [2.45, 2.75) is 31.1 Å². The fourth-order valence-electron chi connectivity index (χ4n) is 2.24. The summed E-state index contributed by atoms with van der Waals surface area (Å²) in [7, 11) is -2.34. The van der Waals surface area contributed by atoms with Gasteiger partial charge in [-0.15, -0.1) is 0 Å². The lowest BCUT2D eigenvalue weighted by Crippen LogP contribution is -2.18. The molecule has 0 radical (unpaired) electrons. The lowest BCUT2D eigenvalue weighted by molar-refractivity contribution is 0.373. The van der Waals surface area contributed by atoms with Gasteiger partial charge in [0.05, 0.1) is 18.2 Å². The lowest BCUT2D eigenvalue weighted by atomic mass is 9.99. The van der Waals surface area contributed by atoms with Gasteiger partial charge >= 0.3 is 0 Å². The third-order valence-corrected chi connectivity index (χ3v) is 5.24. The van der Waals surface area contributed by atoms with Crippen LogP contribution in [0.15, 0.2) is 52.5 Å². The maximum atomic E-state index is 12.3. The van der Waals surface area contributed by atoms with Gasteiger partial charge in [0.15, 0.2) is 11.5 Å². The first kappa shape index (κ1) is 18.8. The number of aromatic hydroxyl groups is 1. The molecular weight excluding hydrogens is 340 g/mol. The summed E-state index contributed by atoms with van der Waals surface area (Å²) in [6.07, 6.45) is 2.21. The summed E-state index contributed by atoms with van der Waals surface area (Å²) in [5.74, 6) is 0.553. The fourth-order valence-corrected chi connectivity index (χ4v) is 3.03. The van der Waals surface area contributed by atoms with Crippen LogP contribution < -0.4 is 9.57 Å². The SMILES string of the molecule is CCC(C)c1ccc(S(=O)(=O)NN=Cc2cccc(OC)c2O)cc1. The molecule has 7 heteroatoms. The zero-order chi connectivity index (χ0) is 18.4. The number of rotatable bonds is 7. The second-order valence-electron chi connectivity index (χ2n) is 5.63. The highest BCUT2D eigenvalue weighted by Crippen LogP contribution is 2.28. The number of sulfonamides is 1. The van der Waals surface area contributed by atoms with Crippen molar-refractivity contribution in [1.82, 2.24) is 4.83 Å². The van der Waals surface area contributed by atoms with E-state index in [1.165, 1.54) is 13.3 Å². The molecule has 1 atom stereocenters. The highest BCUT2D eigenvalue weighted by atomic mass is 32.2. The van der Waals surface area contributed by atoms with E-state index < -0.39 is 10.0 Å². The molecule has 2 aromatic carbocycles. The first-order valence-electron chi connectivity index (χ1n) is 7.89. The van der Waals surface area contributed by atoms with Crippen LogP contribution in [0, 0.1) is 0 Å². The summed E-state index contributed by atoms with van der Waals surface area (Å²) in [6.45, 7) is 4.17. The van der Waals surface area contributed by atoms with Crippen LogP contribution in [0.5, 0.6) is 11.5 Å². The molecule has 0 aromatic heterocycles. The number of nitrogens with zero attached hydrogens (tertiary/aromatic N) is 1. The molecular formula is C18H22N2O4S. The molecule has 0 aliphatic carbocycles. The topological polar surface area (TPSA) is 88.0 Å². The molecule has 2 N–H and O–H groups in total. The van der Waals surface area contributed by atoms with Gasteiger partial charge < -0.3 is 9.84 Å². The highest BCUT2D eigenvalue weighted by Gasteiger charge is 2.13. The number of nitrogens with one attached hydrogen (secondary N) is 1. The Labute approximate surface area is 148 Å². The average Bonchev–Trinajstić information content (AvgIpc) is 2.62. The van der Waals surface area contributed by atoms with Crippen molar-refractivity contribution < 1.29 is 18.3 Å². The molecule has 0 aliphatic rings. The molecule has 6 nitrogen and oxygen atoms in total. The van der Waals surface area contributed by atoms with Crippen LogP contribution >= 0.6 is 0 Å². The van der Waals surface area contributed by atoms with Crippen molar-refractivity contribution in [1.29, 1.82) is 0 Å². The molecule has 0 saturated heterocycles. The van der Waals surface area contributed by atoms with Crippen molar-refractivity contribution in [3.8, 4) is 11.5 Å². The van der Waals surface area contributed by atoms with E-state index in [1.54, 1.807) is 42.5 Å². The number of para-hydroxylation sites is 1. The summed E-state index contributed by atoms with van der Waals surface area (Å²) < 4.78 is 29.5. The molecule has 0 bridgehead atoms. The van der Waals surface area contributed by atoms with E-state index in [4.69, 9.17) is 4.74 Å². The summed E-state index contributed by atoms with van der Waals surface area (Å²) >= 11 is 0. The Balaban J connectivity index is 2.14. The molecule has 0 saturated carbocycles. The second kappa shape index (κ2) is 8.02. The minimum Gasteiger partial charge on any atom is -0.504 e. The third kappa shape index (κ3) is 4.51. The first-order chi connectivity index (χ1) is 11.9. The number of methoxy groups -OCH3 is 1. The first-order valence-corrected chi connectivity index (χ1v) is 9.38. The van der Waals surface area contributed by atoms with Gasteiger partial charge in [-0.3, -0.25) is 0 Å². The highest BCUT2D eigenvalue weighted by molar-refractivity contribution is 7.89. The Hall–Kier alpha value is -2.54. The largest absolute Gasteiger partial charge is 0.504 e. The van der Waals surface area contributed by atoms with Crippen LogP contribution in [0.1, 0.15) is 37.3 Å². The summed E-state index contributed by atoms with van der Waals surface area (Å²) in [5, 5.41) is 13.7. The molecule has 1 unspecified atom stereocenters. The zero-order valence-electron chi connectivity index (χ0n) is 14.4. The van der Waals surface area contributed by atoms with E-state index in [0.717, 1.165) is 12.0 Å². The van der Waals surface area contributed by atoms with E-state index in [-0.39, 0.29) is 16.4 Å². The van der Waals surface area contributed by atoms with Crippen molar-refractivity contribution >= 4 is 16.2 Å². The van der Waals surface area contributed by atoms with Gasteiger partial charge in [-0.05, 0) is 42.2 Å². The number of hydrogen-bond acceptors (Lipinski definition) is 5. The van der Waals surface area contributed by atoms with Crippen LogP contribution in [0.4, 0.5) is 0 Å². The average molecular weight is 362 g/mol. The molecule has 2 aromatic rings. The Kier molecular flexibility index (Phi) is 6.03. The van der Waals surface area contributed by atoms with Crippen LogP contribution in [-0.2, 0) is 10.0 Å². The van der Waals surface area contributed by atoms with Crippen LogP contribution in [0.3, 0.4) is 0 Å². The monoisotopic (exact) mass is 362 g/mol. The van der Waals surface area contributed by atoms with Gasteiger partial charge in [-0.2, -0.15) is 13.5 Å². The van der Waals surface area contributed by atoms with E-state index in [0.29, 0.717) is 11.5 Å². The lowest BCUT2D eigenvalue weighted by Gasteiger charge is -2.10. The van der Waals surface area contributed by atoms with Gasteiger partial charge in [-0.1, -0.05) is 32.0 Å². The number of ether oxygens (including phenoxy) is 1. The number of hydrogen-bond donors (Lipinski definition) is 2. The standard InChI is InChI=1S/C18H22N2O4S/c1-4-13(2)14-8-10-16(11-9-14)25(22,23)20-19-12-15-6-5-7-17(24-3)18(15)21/h5-13,20-21H,4H2,1-3H3. The van der Waals surface area contributed by atoms with Gasteiger partial charge in [0.1, 0.15) is 0 Å². The number of benzene rings is 2. The smallest absolute Gasteiger partial charge is 0.276 e. The van der Waals surface area contributed by atoms with E-state index in [9.17, 15) is 13.5 Å². The fraction of sp³-hybridized carbons (Fsp3) is 0.278. The minimum atomic E-state index is -3.77. The van der Waals surface area contributed by atoms with Crippen molar-refractivity contribution in [3.63, 3.8) is 0 Å². The van der Waals surface area contributed by atoms with Gasteiger partial charge in [0, 0.05) is 5.56 Å². The van der Waals surface area contributed by atoms with Crippen molar-refractivity contribution in [3.05, 3.63) is 53.6 Å². The van der Waals surface area contributed by atoms with Gasteiger partial charge in [-0.25, -0.2) is 4.83 Å². The predicted molar refractivity (Wildman–Crippen MR) is 97.7 cm³/mol. The minimum absolute atomic E-state index is 0.106. The normalized spacial score (nSPS) is 12.9. The molecule has 134 valence electrons. The number of hydrazone groups is 1. The molecule has 0 heterocycles. The quantitative estimate of drug-likeness (QED) is 0.585. The van der Waals surface area contributed by atoms with E-state index >= 15 is 0 Å². The summed E-state index contributed by atoms with van der Waals surface area (Å²) in [6, 6.07) is 11.6. The van der Waals surface area contributed by atoms with Crippen LogP contribution in [-0.4, -0.2) is 26.8 Å². The maximum absolute atomic E-state index is 12.3. The van der Waals surface area contributed by atoms with Crippen LogP contribution in [0.2, 0.25) is 0 Å². The molecule has 0 amide bonds. The molecule has 0 fully saturated rings. The summed E-state index contributed by atoms with van der Waals surface area (Å²) in [5.41, 5.74) is 1.43. The van der Waals surface area contributed by atoms with Crippen molar-refractivity contribution in [2.75, 3.05) is 7.11 Å². The Morgan fingerprint density at radius 3 is 2.52 bits per heavy atom. The van der Waals surface area contributed by atoms with Gasteiger partial charge in [0.25, 0.3) is 10.0 Å².